The molecule has 0 spiro atoms. The van der Waals surface area contributed by atoms with Gasteiger partial charge in [-0.3, -0.25) is 4.79 Å². The molecule has 1 aliphatic heterocycles. The first kappa shape index (κ1) is 17.5. The van der Waals surface area contributed by atoms with Crippen LogP contribution in [0.25, 0.3) is 10.9 Å². The Balaban J connectivity index is 1.83. The Labute approximate surface area is 159 Å². The van der Waals surface area contributed by atoms with E-state index in [1.807, 2.05) is 18.2 Å². The lowest BCUT2D eigenvalue weighted by Gasteiger charge is -2.18. The molecule has 1 aliphatic rings. The van der Waals surface area contributed by atoms with Crippen molar-refractivity contribution in [3.05, 3.63) is 71.4 Å². The standard InChI is InChI=1S/C23H24N2O2/c1-17(26)27-16-24-20(15-18-9-3-2-4-10-18)23-19-11-5-6-12-21(19)25-14-8-7-13-22(23)25/h2-6,9-12H,7-8,13-16H2,1H3. The van der Waals surface area contributed by atoms with Gasteiger partial charge in [-0.25, -0.2) is 4.99 Å². The molecule has 0 radical (unpaired) electrons. The summed E-state index contributed by atoms with van der Waals surface area (Å²) in [5.41, 5.74) is 6.06. The molecule has 3 aromatic rings. The van der Waals surface area contributed by atoms with E-state index in [1.165, 1.54) is 47.5 Å². The van der Waals surface area contributed by atoms with Crippen LogP contribution in [0.2, 0.25) is 0 Å². The molecular formula is C23H24N2O2. The lowest BCUT2D eigenvalue weighted by atomic mass is 9.96. The van der Waals surface area contributed by atoms with E-state index in [-0.39, 0.29) is 12.7 Å². The second-order valence-corrected chi connectivity index (χ2v) is 6.98. The molecule has 4 heteroatoms. The van der Waals surface area contributed by atoms with Crippen molar-refractivity contribution in [3.63, 3.8) is 0 Å². The highest BCUT2D eigenvalue weighted by atomic mass is 16.5. The van der Waals surface area contributed by atoms with E-state index in [0.29, 0.717) is 0 Å². The minimum absolute atomic E-state index is 0.0659. The number of nitrogens with zero attached hydrogens (tertiary/aromatic N) is 2. The molecule has 27 heavy (non-hydrogen) atoms. The minimum atomic E-state index is -0.304. The number of hydrogen-bond donors (Lipinski definition) is 0. The molecular weight excluding hydrogens is 336 g/mol. The van der Waals surface area contributed by atoms with Gasteiger partial charge in [-0.05, 0) is 30.9 Å². The van der Waals surface area contributed by atoms with Gasteiger partial charge >= 0.3 is 5.97 Å². The van der Waals surface area contributed by atoms with Gasteiger partial charge in [0.05, 0.1) is 5.71 Å². The normalized spacial score (nSPS) is 14.2. The smallest absolute Gasteiger partial charge is 0.304 e. The van der Waals surface area contributed by atoms with Crippen molar-refractivity contribution in [1.82, 2.24) is 4.57 Å². The summed E-state index contributed by atoms with van der Waals surface area (Å²) >= 11 is 0. The molecule has 2 aromatic carbocycles. The molecule has 0 unspecified atom stereocenters. The van der Waals surface area contributed by atoms with Gasteiger partial charge in [0.15, 0.2) is 6.73 Å². The Morgan fingerprint density at radius 3 is 2.67 bits per heavy atom. The summed E-state index contributed by atoms with van der Waals surface area (Å²) in [6.45, 7) is 2.54. The molecule has 0 aliphatic carbocycles. The van der Waals surface area contributed by atoms with Crippen LogP contribution in [0, 0.1) is 0 Å². The predicted molar refractivity (Wildman–Crippen MR) is 108 cm³/mol. The number of benzene rings is 2. The molecule has 0 N–H and O–H groups in total. The number of rotatable bonds is 5. The monoisotopic (exact) mass is 360 g/mol. The molecule has 0 saturated heterocycles. The third-order valence-electron chi connectivity index (χ3n) is 5.15. The van der Waals surface area contributed by atoms with Crippen molar-refractivity contribution in [1.29, 1.82) is 0 Å². The van der Waals surface area contributed by atoms with E-state index in [4.69, 9.17) is 9.73 Å². The maximum atomic E-state index is 11.2. The van der Waals surface area contributed by atoms with Gasteiger partial charge < -0.3 is 9.30 Å². The Morgan fingerprint density at radius 2 is 1.85 bits per heavy atom. The highest BCUT2D eigenvalue weighted by Gasteiger charge is 2.22. The first-order chi connectivity index (χ1) is 13.2. The van der Waals surface area contributed by atoms with Gasteiger partial charge in [0.2, 0.25) is 0 Å². The van der Waals surface area contributed by atoms with Crippen LogP contribution in [0.1, 0.15) is 36.6 Å². The number of carbonyl (C=O) groups is 1. The van der Waals surface area contributed by atoms with Crippen molar-refractivity contribution >= 4 is 22.6 Å². The van der Waals surface area contributed by atoms with Crippen molar-refractivity contribution in [3.8, 4) is 0 Å². The number of esters is 1. The molecule has 0 bridgehead atoms. The molecule has 1 aromatic heterocycles. The van der Waals surface area contributed by atoms with E-state index in [9.17, 15) is 4.79 Å². The van der Waals surface area contributed by atoms with Gasteiger partial charge in [-0.2, -0.15) is 0 Å². The number of aliphatic imine (C=N–C) groups is 1. The Bertz CT molecular complexity index is 986. The molecule has 2 heterocycles. The predicted octanol–water partition coefficient (Wildman–Crippen LogP) is 4.53. The summed E-state index contributed by atoms with van der Waals surface area (Å²) in [5, 5.41) is 1.24. The van der Waals surface area contributed by atoms with Gasteiger partial charge in [-0.1, -0.05) is 48.5 Å². The van der Waals surface area contributed by atoms with Crippen molar-refractivity contribution in [2.24, 2.45) is 4.99 Å². The van der Waals surface area contributed by atoms with Crippen LogP contribution in [0.5, 0.6) is 0 Å². The number of hydrogen-bond acceptors (Lipinski definition) is 3. The fourth-order valence-corrected chi connectivity index (χ4v) is 3.97. The van der Waals surface area contributed by atoms with Crippen LogP contribution in [0.4, 0.5) is 0 Å². The maximum absolute atomic E-state index is 11.2. The Hall–Kier alpha value is -2.88. The fourth-order valence-electron chi connectivity index (χ4n) is 3.97. The lowest BCUT2D eigenvalue weighted by Crippen LogP contribution is -2.15. The third kappa shape index (κ3) is 3.65. The number of ether oxygens (including phenoxy) is 1. The summed E-state index contributed by atoms with van der Waals surface area (Å²) in [6, 6.07) is 18.9. The lowest BCUT2D eigenvalue weighted by molar-refractivity contribution is -0.140. The van der Waals surface area contributed by atoms with E-state index < -0.39 is 0 Å². The average Bonchev–Trinajstić information content (AvgIpc) is 3.02. The zero-order chi connectivity index (χ0) is 18.6. The molecule has 138 valence electrons. The molecule has 0 fully saturated rings. The topological polar surface area (TPSA) is 43.6 Å². The van der Waals surface area contributed by atoms with Crippen molar-refractivity contribution in [2.45, 2.75) is 39.2 Å². The summed E-state index contributed by atoms with van der Waals surface area (Å²) < 4.78 is 7.58. The second-order valence-electron chi connectivity index (χ2n) is 6.98. The van der Waals surface area contributed by atoms with Crippen LogP contribution < -0.4 is 0 Å². The van der Waals surface area contributed by atoms with Crippen molar-refractivity contribution < 1.29 is 9.53 Å². The van der Waals surface area contributed by atoms with Gasteiger partial charge in [0.1, 0.15) is 0 Å². The summed E-state index contributed by atoms with van der Waals surface area (Å²) in [5.74, 6) is -0.304. The molecule has 4 nitrogen and oxygen atoms in total. The van der Waals surface area contributed by atoms with E-state index >= 15 is 0 Å². The summed E-state index contributed by atoms with van der Waals surface area (Å²) in [6.07, 6.45) is 4.20. The van der Waals surface area contributed by atoms with Crippen LogP contribution in [0.3, 0.4) is 0 Å². The number of para-hydroxylation sites is 1. The fraction of sp³-hybridized carbons (Fsp3) is 0.304. The molecule has 4 rings (SSSR count). The molecule has 0 saturated carbocycles. The SMILES string of the molecule is CC(=O)OCN=C(Cc1ccccc1)c1c2n(c3ccccc13)CCCC2. The van der Waals surface area contributed by atoms with Gasteiger partial charge in [-0.15, -0.1) is 0 Å². The highest BCUT2D eigenvalue weighted by molar-refractivity contribution is 6.13. The summed E-state index contributed by atoms with van der Waals surface area (Å²) in [7, 11) is 0. The maximum Gasteiger partial charge on any atom is 0.304 e. The average molecular weight is 360 g/mol. The third-order valence-corrected chi connectivity index (χ3v) is 5.15. The molecule has 0 atom stereocenters. The molecule has 0 amide bonds. The van der Waals surface area contributed by atoms with Crippen molar-refractivity contribution in [2.75, 3.05) is 6.73 Å². The largest absolute Gasteiger partial charge is 0.443 e. The van der Waals surface area contributed by atoms with E-state index in [2.05, 4.69) is 41.0 Å². The van der Waals surface area contributed by atoms with Gasteiger partial charge in [0, 0.05) is 42.0 Å². The zero-order valence-electron chi connectivity index (χ0n) is 15.6. The van der Waals surface area contributed by atoms with Crippen LogP contribution in [0.15, 0.2) is 59.6 Å². The van der Waals surface area contributed by atoms with E-state index in [0.717, 1.165) is 25.1 Å². The number of carbonyl (C=O) groups excluding carboxylic acids is 1. The Morgan fingerprint density at radius 1 is 1.07 bits per heavy atom. The first-order valence-corrected chi connectivity index (χ1v) is 9.55. The number of fused-ring (bicyclic) bond motifs is 3. The van der Waals surface area contributed by atoms with Crippen LogP contribution in [-0.4, -0.2) is 23.0 Å². The quantitative estimate of drug-likeness (QED) is 0.496. The Kier molecular flexibility index (Phi) is 5.05. The van der Waals surface area contributed by atoms with E-state index in [1.54, 1.807) is 0 Å². The number of aryl methyl sites for hydroxylation is 1. The van der Waals surface area contributed by atoms with Gasteiger partial charge in [0.25, 0.3) is 0 Å². The van der Waals surface area contributed by atoms with Crippen LogP contribution >= 0.6 is 0 Å². The second kappa shape index (κ2) is 7.78. The minimum Gasteiger partial charge on any atom is -0.443 e. The number of aromatic nitrogens is 1. The first-order valence-electron chi connectivity index (χ1n) is 9.55. The zero-order valence-corrected chi connectivity index (χ0v) is 15.6. The summed E-state index contributed by atoms with van der Waals surface area (Å²) in [4.78, 5) is 15.9. The highest BCUT2D eigenvalue weighted by Crippen LogP contribution is 2.32. The van der Waals surface area contributed by atoms with Crippen LogP contribution in [-0.2, 0) is 28.9 Å².